The Morgan fingerprint density at radius 2 is 1.19 bits per heavy atom. The van der Waals surface area contributed by atoms with Crippen LogP contribution in [-0.4, -0.2) is 36.4 Å². The van der Waals surface area contributed by atoms with Gasteiger partial charge in [0.2, 0.25) is 0 Å². The summed E-state index contributed by atoms with van der Waals surface area (Å²) < 4.78 is 77.4. The van der Waals surface area contributed by atoms with E-state index in [9.17, 15) is 41.4 Å². The van der Waals surface area contributed by atoms with Gasteiger partial charge < -0.3 is 21.3 Å². The van der Waals surface area contributed by atoms with Crippen molar-refractivity contribution < 1.29 is 41.4 Å². The number of nitrogen functional groups attached to an aromatic ring is 1. The fraction of sp³-hybridized carbons (Fsp3) is 0.0238. The average Bonchev–Trinajstić information content (AvgIpc) is 3.21. The van der Waals surface area contributed by atoms with Crippen LogP contribution in [0.5, 0.6) is 11.5 Å². The van der Waals surface area contributed by atoms with E-state index >= 15 is 0 Å². The summed E-state index contributed by atoms with van der Waals surface area (Å²) >= 11 is 11.7. The zero-order chi connectivity index (χ0) is 42.6. The highest BCUT2D eigenvalue weighted by Crippen LogP contribution is 2.39. The molecular formula is C42H28Cl2F6N6O3. The van der Waals surface area contributed by atoms with Gasteiger partial charge in [-0.25, -0.2) is 36.3 Å². The first kappa shape index (κ1) is 43.2. The number of aldehydes is 1. The van der Waals surface area contributed by atoms with Crippen molar-refractivity contribution in [3.05, 3.63) is 190 Å². The predicted octanol–water partition coefficient (Wildman–Crippen LogP) is 10.8. The number of benzene rings is 4. The lowest BCUT2D eigenvalue weighted by Crippen LogP contribution is -2.15. The Bertz CT molecular complexity index is 2750. The molecule has 9 nitrogen and oxygen atoms in total. The molecule has 0 saturated heterocycles. The Labute approximate surface area is 341 Å². The number of phenolic OH excluding ortho intramolecular Hbond substituents is 2. The zero-order valence-electron chi connectivity index (χ0n) is 30.0. The van der Waals surface area contributed by atoms with Gasteiger partial charge in [0, 0.05) is 51.4 Å². The van der Waals surface area contributed by atoms with Crippen LogP contribution in [-0.2, 0) is 0 Å². The maximum atomic E-state index is 14.2. The highest BCUT2D eigenvalue weighted by molar-refractivity contribution is 6.33. The number of anilines is 2. The highest BCUT2D eigenvalue weighted by atomic mass is 35.5. The van der Waals surface area contributed by atoms with Crippen LogP contribution in [0.3, 0.4) is 0 Å². The van der Waals surface area contributed by atoms with Gasteiger partial charge in [-0.05, 0) is 54.1 Å². The quantitative estimate of drug-likeness (QED) is 0.0981. The van der Waals surface area contributed by atoms with Gasteiger partial charge in [0.05, 0.1) is 23.5 Å². The minimum Gasteiger partial charge on any atom is -0.506 e. The number of para-hydroxylation sites is 1. The molecule has 300 valence electrons. The molecule has 5 N–H and O–H groups in total. The molecule has 17 heteroatoms. The van der Waals surface area contributed by atoms with Crippen molar-refractivity contribution >= 4 is 62.9 Å². The van der Waals surface area contributed by atoms with Crippen LogP contribution in [0.25, 0.3) is 21.8 Å². The number of aromatic hydroxyl groups is 2. The number of aromatic nitrogens is 4. The van der Waals surface area contributed by atoms with E-state index in [1.165, 1.54) is 30.5 Å². The molecule has 4 heterocycles. The molecule has 0 aliphatic heterocycles. The van der Waals surface area contributed by atoms with E-state index in [0.717, 1.165) is 29.9 Å². The number of halogens is 8. The number of hydrogen-bond acceptors (Lipinski definition) is 9. The Kier molecular flexibility index (Phi) is 14.6. The Hall–Kier alpha value is -6.97. The lowest BCUT2D eigenvalue weighted by molar-refractivity contribution is 0.112. The van der Waals surface area contributed by atoms with E-state index in [2.05, 4.69) is 25.3 Å². The molecule has 0 aliphatic rings. The Morgan fingerprint density at radius 3 is 1.78 bits per heavy atom. The second-order valence-corrected chi connectivity index (χ2v) is 12.8. The molecule has 8 aromatic rings. The lowest BCUT2D eigenvalue weighted by Gasteiger charge is -2.23. The third kappa shape index (κ3) is 11.3. The maximum absolute atomic E-state index is 14.2. The van der Waals surface area contributed by atoms with Gasteiger partial charge in [-0.3, -0.25) is 14.8 Å². The molecule has 0 spiro atoms. The minimum atomic E-state index is -0.924. The third-order valence-corrected chi connectivity index (χ3v) is 8.64. The number of rotatable bonds is 5. The number of nitrogens with zero attached hydrogens (tertiary/aromatic N) is 4. The van der Waals surface area contributed by atoms with Crippen LogP contribution in [0.1, 0.15) is 27.5 Å². The number of nitrogens with two attached hydrogens (primary N) is 1. The van der Waals surface area contributed by atoms with E-state index in [1.807, 2.05) is 18.2 Å². The maximum Gasteiger partial charge on any atom is 0.168 e. The summed E-state index contributed by atoms with van der Waals surface area (Å²) in [5.41, 5.74) is 6.92. The lowest BCUT2D eigenvalue weighted by atomic mass is 9.96. The van der Waals surface area contributed by atoms with Gasteiger partial charge in [-0.15, -0.1) is 0 Å². The minimum absolute atomic E-state index is 0.0607. The van der Waals surface area contributed by atoms with Gasteiger partial charge in [-0.1, -0.05) is 65.7 Å². The van der Waals surface area contributed by atoms with Crippen molar-refractivity contribution in [2.24, 2.45) is 0 Å². The van der Waals surface area contributed by atoms with Gasteiger partial charge in [0.15, 0.2) is 29.6 Å². The topological polar surface area (TPSA) is 147 Å². The van der Waals surface area contributed by atoms with Crippen molar-refractivity contribution in [3.63, 3.8) is 0 Å². The summed E-state index contributed by atoms with van der Waals surface area (Å²) in [6, 6.07) is 23.8. The summed E-state index contributed by atoms with van der Waals surface area (Å²) in [6.07, 6.45) is 5.50. The van der Waals surface area contributed by atoms with Gasteiger partial charge in [0.1, 0.15) is 45.8 Å². The van der Waals surface area contributed by atoms with E-state index in [0.29, 0.717) is 51.5 Å². The molecule has 59 heavy (non-hydrogen) atoms. The molecule has 8 rings (SSSR count). The molecule has 4 aromatic carbocycles. The second kappa shape index (κ2) is 19.9. The number of phenols is 2. The summed E-state index contributed by atoms with van der Waals surface area (Å²) in [5.74, 6) is -4.73. The molecule has 1 unspecified atom stereocenters. The van der Waals surface area contributed by atoms with Crippen LogP contribution < -0.4 is 11.1 Å². The molecule has 0 amide bonds. The van der Waals surface area contributed by atoms with E-state index < -0.39 is 40.9 Å². The molecular weight excluding hydrogens is 821 g/mol. The molecule has 1 atom stereocenters. The molecule has 0 radical (unpaired) electrons. The van der Waals surface area contributed by atoms with E-state index in [4.69, 9.17) is 28.9 Å². The molecule has 0 saturated carbocycles. The summed E-state index contributed by atoms with van der Waals surface area (Å²) in [5, 5.41) is 24.8. The van der Waals surface area contributed by atoms with Crippen molar-refractivity contribution in [2.75, 3.05) is 11.1 Å². The van der Waals surface area contributed by atoms with E-state index in [-0.39, 0.29) is 33.2 Å². The molecule has 4 aromatic heterocycles. The predicted molar refractivity (Wildman–Crippen MR) is 213 cm³/mol. The van der Waals surface area contributed by atoms with Crippen molar-refractivity contribution in [2.45, 2.75) is 6.04 Å². The number of carbonyl (C=O) groups is 1. The average molecular weight is 850 g/mol. The fourth-order valence-corrected chi connectivity index (χ4v) is 5.69. The first-order valence-corrected chi connectivity index (χ1v) is 17.6. The number of nitrogens with one attached hydrogen (secondary N) is 1. The molecule has 0 aliphatic carbocycles. The van der Waals surface area contributed by atoms with Gasteiger partial charge >= 0.3 is 0 Å². The Balaban J connectivity index is 0.000000179. The van der Waals surface area contributed by atoms with Crippen LogP contribution in [0.2, 0.25) is 10.0 Å². The highest BCUT2D eigenvalue weighted by Gasteiger charge is 2.24. The Morgan fingerprint density at radius 1 is 0.610 bits per heavy atom. The fourth-order valence-electron chi connectivity index (χ4n) is 5.20. The molecule has 0 bridgehead atoms. The SMILES string of the molecule is Nc1ncc(F)cc1F.O=Cc1ccc(F)cc1Cl.Oc1c(C(Nc2ncc(F)cc2F)c2ccc(F)cc2Cl)ccc2cccnc12.Oc1cccc2cccnc12. The zero-order valence-corrected chi connectivity index (χ0v) is 31.5. The van der Waals surface area contributed by atoms with Gasteiger partial charge in [-0.2, -0.15) is 0 Å². The largest absolute Gasteiger partial charge is 0.506 e. The van der Waals surface area contributed by atoms with Crippen LogP contribution in [0.4, 0.5) is 38.0 Å². The normalized spacial score (nSPS) is 10.9. The second-order valence-electron chi connectivity index (χ2n) is 12.0. The van der Waals surface area contributed by atoms with Crippen molar-refractivity contribution in [1.29, 1.82) is 0 Å². The number of carbonyl (C=O) groups excluding carboxylic acids is 1. The first-order chi connectivity index (χ1) is 28.2. The third-order valence-electron chi connectivity index (χ3n) is 7.99. The first-order valence-electron chi connectivity index (χ1n) is 16.8. The van der Waals surface area contributed by atoms with Gasteiger partial charge in [0.25, 0.3) is 0 Å². The smallest absolute Gasteiger partial charge is 0.168 e. The summed E-state index contributed by atoms with van der Waals surface area (Å²) in [4.78, 5) is 25.3. The molecule has 0 fully saturated rings. The van der Waals surface area contributed by atoms with E-state index in [1.54, 1.807) is 42.6 Å². The summed E-state index contributed by atoms with van der Waals surface area (Å²) in [6.45, 7) is 0. The van der Waals surface area contributed by atoms with Crippen LogP contribution >= 0.6 is 23.2 Å². The number of hydrogen-bond donors (Lipinski definition) is 4. The van der Waals surface area contributed by atoms with Crippen molar-refractivity contribution in [1.82, 2.24) is 19.9 Å². The number of fused-ring (bicyclic) bond motifs is 2. The monoisotopic (exact) mass is 848 g/mol. The van der Waals surface area contributed by atoms with Crippen molar-refractivity contribution in [3.8, 4) is 11.5 Å². The standard InChI is InChI=1S/C21H13ClF3N3O.C9H7NO.C7H4ClFO.C5H4F2N2/c22-16-8-12(23)4-6-14(16)19(28-21-17(25)9-13(24)10-27-21)15-5-3-11-2-1-7-26-18(11)20(15)29;11-8-5-1-3-7-4-2-6-10-9(7)8;8-7-3-6(9)2-1-5(7)4-10;6-3-1-4(7)5(8)9-2-3/h1-10,19,29H,(H,27,28);1-6,11H;1-4H;1-2H,(H2,8,9). The number of pyridine rings is 4. The van der Waals surface area contributed by atoms with Crippen LogP contribution in [0, 0.1) is 34.9 Å². The summed E-state index contributed by atoms with van der Waals surface area (Å²) in [7, 11) is 0. The van der Waals surface area contributed by atoms with Crippen LogP contribution in [0.15, 0.2) is 128 Å².